The fourth-order valence-corrected chi connectivity index (χ4v) is 1.28. The number of carbonyl (C=O) groups excluding carboxylic acids is 1. The van der Waals surface area contributed by atoms with Gasteiger partial charge in [-0.3, -0.25) is 4.79 Å². The molecule has 2 N–H and O–H groups in total. The lowest BCUT2D eigenvalue weighted by molar-refractivity contribution is -0.205. The lowest BCUT2D eigenvalue weighted by Crippen LogP contribution is -2.52. The van der Waals surface area contributed by atoms with Crippen LogP contribution in [0.2, 0.25) is 0 Å². The fraction of sp³-hybridized carbons (Fsp3) is 0.857. The van der Waals surface area contributed by atoms with Crippen molar-refractivity contribution in [2.45, 2.75) is 6.29 Å². The van der Waals surface area contributed by atoms with E-state index in [2.05, 4.69) is 5.29 Å². The number of carbonyl (C=O) groups is 1. The number of methoxy groups -OCH3 is 1. The molecule has 1 aliphatic rings. The molecule has 0 spiro atoms. The topological polar surface area (TPSA) is 97.5 Å². The van der Waals surface area contributed by atoms with Crippen molar-refractivity contribution in [2.75, 3.05) is 33.4 Å². The van der Waals surface area contributed by atoms with Crippen molar-refractivity contribution >= 4 is 5.91 Å². The Labute approximate surface area is 86.8 Å². The molecule has 0 saturated carbocycles. The maximum absolute atomic E-state index is 10.7. The summed E-state index contributed by atoms with van der Waals surface area (Å²) in [7, 11) is 1.50. The van der Waals surface area contributed by atoms with E-state index in [-0.39, 0.29) is 6.54 Å². The van der Waals surface area contributed by atoms with E-state index in [1.54, 1.807) is 5.01 Å². The minimum absolute atomic E-state index is 0.236. The van der Waals surface area contributed by atoms with E-state index in [1.807, 2.05) is 0 Å². The van der Waals surface area contributed by atoms with Gasteiger partial charge < -0.3 is 15.2 Å². The van der Waals surface area contributed by atoms with Crippen LogP contribution in [0, 0.1) is 4.91 Å². The lowest BCUT2D eigenvalue weighted by atomic mass is 10.4. The van der Waals surface area contributed by atoms with Gasteiger partial charge in [0.15, 0.2) is 6.29 Å². The predicted molar refractivity (Wildman–Crippen MR) is 50.0 cm³/mol. The number of morpholine rings is 1. The molecule has 0 aromatic rings. The number of nitroso groups, excluding NO2 is 1. The first-order valence-electron chi connectivity index (χ1n) is 4.45. The van der Waals surface area contributed by atoms with Gasteiger partial charge in [0.1, 0.15) is 6.54 Å². The molecule has 1 fully saturated rings. The second kappa shape index (κ2) is 5.59. The van der Waals surface area contributed by atoms with Gasteiger partial charge in [0, 0.05) is 13.7 Å². The Morgan fingerprint density at radius 3 is 3.07 bits per heavy atom. The van der Waals surface area contributed by atoms with Gasteiger partial charge in [-0.1, -0.05) is 0 Å². The number of primary amides is 1. The Bertz CT molecular complexity index is 237. The molecule has 1 heterocycles. The van der Waals surface area contributed by atoms with E-state index in [9.17, 15) is 9.70 Å². The molecule has 1 atom stereocenters. The van der Waals surface area contributed by atoms with Crippen molar-refractivity contribution in [3.05, 3.63) is 4.91 Å². The minimum atomic E-state index is -0.616. The first-order valence-corrected chi connectivity index (χ1v) is 4.45. The average Bonchev–Trinajstić information content (AvgIpc) is 2.25. The molecule has 1 amide bonds. The summed E-state index contributed by atoms with van der Waals surface area (Å²) in [6, 6.07) is 0. The zero-order valence-electron chi connectivity index (χ0n) is 8.46. The van der Waals surface area contributed by atoms with E-state index in [0.717, 1.165) is 5.12 Å². The van der Waals surface area contributed by atoms with Crippen LogP contribution in [0.1, 0.15) is 0 Å². The van der Waals surface area contributed by atoms with Crippen molar-refractivity contribution in [3.63, 3.8) is 0 Å². The summed E-state index contributed by atoms with van der Waals surface area (Å²) in [5.41, 5.74) is 4.97. The molecule has 1 rings (SSSR count). The molecule has 15 heavy (non-hydrogen) atoms. The molecule has 86 valence electrons. The number of hydrogen-bond donors (Lipinski definition) is 1. The van der Waals surface area contributed by atoms with Crippen molar-refractivity contribution < 1.29 is 14.3 Å². The summed E-state index contributed by atoms with van der Waals surface area (Å²) in [4.78, 5) is 21.1. The molecular formula is C7H14N4O4. The Morgan fingerprint density at radius 1 is 1.80 bits per heavy atom. The van der Waals surface area contributed by atoms with Crippen LogP contribution in [-0.2, 0) is 14.3 Å². The van der Waals surface area contributed by atoms with E-state index in [1.165, 1.54) is 7.11 Å². The molecule has 0 radical (unpaired) electrons. The summed E-state index contributed by atoms with van der Waals surface area (Å²) in [5.74, 6) is -0.616. The minimum Gasteiger partial charge on any atom is -0.368 e. The number of hydrazine groups is 1. The van der Waals surface area contributed by atoms with Crippen LogP contribution >= 0.6 is 0 Å². The van der Waals surface area contributed by atoms with Gasteiger partial charge in [-0.2, -0.15) is 10.1 Å². The van der Waals surface area contributed by atoms with Gasteiger partial charge in [-0.05, 0) is 0 Å². The standard InChI is InChI=1S/C7H14N4O4/c1-14-7-5-10(2-3-15-7)11(9-13)4-6(8)12/h7H,2-5H2,1H3,(H2,8,12). The summed E-state index contributed by atoms with van der Waals surface area (Å²) >= 11 is 0. The maximum Gasteiger partial charge on any atom is 0.240 e. The Balaban J connectivity index is 2.51. The van der Waals surface area contributed by atoms with Crippen molar-refractivity contribution in [2.24, 2.45) is 11.0 Å². The van der Waals surface area contributed by atoms with E-state index >= 15 is 0 Å². The molecule has 1 unspecified atom stereocenters. The summed E-state index contributed by atoms with van der Waals surface area (Å²) in [5, 5.41) is 5.27. The van der Waals surface area contributed by atoms with Crippen LogP contribution < -0.4 is 5.73 Å². The number of nitrogens with two attached hydrogens (primary N) is 1. The van der Waals surface area contributed by atoms with Gasteiger partial charge in [0.2, 0.25) is 5.91 Å². The van der Waals surface area contributed by atoms with Crippen molar-refractivity contribution in [1.82, 2.24) is 10.1 Å². The lowest BCUT2D eigenvalue weighted by Gasteiger charge is -2.35. The Hall–Kier alpha value is -1.25. The highest BCUT2D eigenvalue weighted by Crippen LogP contribution is 2.08. The van der Waals surface area contributed by atoms with Crippen LogP contribution in [0.5, 0.6) is 0 Å². The number of ether oxygens (including phenoxy) is 2. The summed E-state index contributed by atoms with van der Waals surface area (Å²) < 4.78 is 10.2. The van der Waals surface area contributed by atoms with Gasteiger partial charge >= 0.3 is 0 Å². The molecule has 0 aromatic heterocycles. The predicted octanol–water partition coefficient (Wildman–Crippen LogP) is -1.33. The molecule has 0 aliphatic carbocycles. The first kappa shape index (κ1) is 11.8. The molecule has 1 aliphatic heterocycles. The van der Waals surface area contributed by atoms with Crippen molar-refractivity contribution in [1.29, 1.82) is 0 Å². The number of nitrogens with zero attached hydrogens (tertiary/aromatic N) is 3. The monoisotopic (exact) mass is 218 g/mol. The van der Waals surface area contributed by atoms with E-state index in [0.29, 0.717) is 19.7 Å². The molecular weight excluding hydrogens is 204 g/mol. The van der Waals surface area contributed by atoms with Crippen LogP contribution in [-0.4, -0.2) is 55.7 Å². The maximum atomic E-state index is 10.7. The third-order valence-electron chi connectivity index (χ3n) is 1.99. The average molecular weight is 218 g/mol. The number of rotatable bonds is 5. The smallest absolute Gasteiger partial charge is 0.240 e. The van der Waals surface area contributed by atoms with Crippen LogP contribution in [0.15, 0.2) is 5.29 Å². The number of hydrogen-bond acceptors (Lipinski definition) is 6. The third-order valence-corrected chi connectivity index (χ3v) is 1.99. The summed E-state index contributed by atoms with van der Waals surface area (Å²) in [6.45, 7) is 0.984. The largest absolute Gasteiger partial charge is 0.368 e. The van der Waals surface area contributed by atoms with Gasteiger partial charge in [0.05, 0.1) is 18.4 Å². The third kappa shape index (κ3) is 3.42. The summed E-state index contributed by atoms with van der Waals surface area (Å²) in [6.07, 6.45) is -0.420. The van der Waals surface area contributed by atoms with Crippen LogP contribution in [0.3, 0.4) is 0 Å². The van der Waals surface area contributed by atoms with Crippen LogP contribution in [0.4, 0.5) is 0 Å². The molecule has 8 nitrogen and oxygen atoms in total. The highest BCUT2D eigenvalue weighted by atomic mass is 16.7. The van der Waals surface area contributed by atoms with Gasteiger partial charge in [-0.25, -0.2) is 0 Å². The zero-order valence-corrected chi connectivity index (χ0v) is 8.46. The second-order valence-electron chi connectivity index (χ2n) is 3.03. The molecule has 0 bridgehead atoms. The normalized spacial score (nSPS) is 22.3. The quantitative estimate of drug-likeness (QED) is 0.454. The molecule has 1 saturated heterocycles. The fourth-order valence-electron chi connectivity index (χ4n) is 1.28. The Kier molecular flexibility index (Phi) is 4.40. The number of amides is 1. The Morgan fingerprint density at radius 2 is 2.53 bits per heavy atom. The molecule has 0 aromatic carbocycles. The SMILES string of the molecule is COC1CN(N(CC(N)=O)N=O)CCO1. The zero-order chi connectivity index (χ0) is 11.3. The molecule has 8 heteroatoms. The van der Waals surface area contributed by atoms with Crippen LogP contribution in [0.25, 0.3) is 0 Å². The van der Waals surface area contributed by atoms with Gasteiger partial charge in [0.25, 0.3) is 0 Å². The highest BCUT2D eigenvalue weighted by molar-refractivity contribution is 5.75. The van der Waals surface area contributed by atoms with E-state index < -0.39 is 12.2 Å². The van der Waals surface area contributed by atoms with E-state index in [4.69, 9.17) is 15.2 Å². The van der Waals surface area contributed by atoms with Crippen molar-refractivity contribution in [3.8, 4) is 0 Å². The van der Waals surface area contributed by atoms with Gasteiger partial charge in [-0.15, -0.1) is 4.91 Å². The first-order chi connectivity index (χ1) is 7.17. The highest BCUT2D eigenvalue weighted by Gasteiger charge is 2.25. The second-order valence-corrected chi connectivity index (χ2v) is 3.03.